The van der Waals surface area contributed by atoms with E-state index in [0.717, 1.165) is 26.7 Å². The van der Waals surface area contributed by atoms with Crippen molar-refractivity contribution in [2.75, 3.05) is 0 Å². The van der Waals surface area contributed by atoms with Gasteiger partial charge in [0.2, 0.25) is 0 Å². The van der Waals surface area contributed by atoms with E-state index in [9.17, 15) is 4.79 Å². The summed E-state index contributed by atoms with van der Waals surface area (Å²) in [7, 11) is 0. The van der Waals surface area contributed by atoms with Crippen LogP contribution in [0.5, 0.6) is 0 Å². The SMILES string of the molecule is Cc1ccc(C(=O)NCc2sc(-c3ccccc3Cl)nc2C)cc1C. The summed E-state index contributed by atoms with van der Waals surface area (Å²) in [6.45, 7) is 6.46. The van der Waals surface area contributed by atoms with Gasteiger partial charge in [-0.2, -0.15) is 0 Å². The maximum absolute atomic E-state index is 12.4. The monoisotopic (exact) mass is 370 g/mol. The highest BCUT2D eigenvalue weighted by Gasteiger charge is 2.13. The lowest BCUT2D eigenvalue weighted by atomic mass is 10.1. The molecule has 0 fully saturated rings. The van der Waals surface area contributed by atoms with Gasteiger partial charge in [-0.3, -0.25) is 4.79 Å². The molecule has 25 heavy (non-hydrogen) atoms. The summed E-state index contributed by atoms with van der Waals surface area (Å²) < 4.78 is 0. The molecule has 1 aromatic heterocycles. The van der Waals surface area contributed by atoms with Crippen LogP contribution in [-0.2, 0) is 6.54 Å². The Morgan fingerprint density at radius 3 is 2.60 bits per heavy atom. The van der Waals surface area contributed by atoms with Crippen LogP contribution in [0, 0.1) is 20.8 Å². The molecule has 0 aliphatic carbocycles. The number of thiazole rings is 1. The molecule has 0 saturated carbocycles. The van der Waals surface area contributed by atoms with Gasteiger partial charge in [0.25, 0.3) is 5.91 Å². The van der Waals surface area contributed by atoms with Gasteiger partial charge in [-0.1, -0.05) is 35.9 Å². The Morgan fingerprint density at radius 2 is 1.88 bits per heavy atom. The van der Waals surface area contributed by atoms with E-state index in [4.69, 9.17) is 11.6 Å². The number of hydrogen-bond donors (Lipinski definition) is 1. The number of nitrogens with zero attached hydrogens (tertiary/aromatic N) is 1. The Balaban J connectivity index is 1.74. The Morgan fingerprint density at radius 1 is 1.12 bits per heavy atom. The van der Waals surface area contributed by atoms with Crippen LogP contribution in [0.25, 0.3) is 10.6 Å². The Hall–Kier alpha value is -2.17. The van der Waals surface area contributed by atoms with E-state index in [1.807, 2.05) is 63.2 Å². The molecule has 128 valence electrons. The summed E-state index contributed by atoms with van der Waals surface area (Å²) in [5.41, 5.74) is 4.81. The second-order valence-corrected chi connectivity index (χ2v) is 7.48. The van der Waals surface area contributed by atoms with Gasteiger partial charge in [-0.05, 0) is 50.1 Å². The maximum atomic E-state index is 12.4. The average Bonchev–Trinajstić information content (AvgIpc) is 2.96. The van der Waals surface area contributed by atoms with Gasteiger partial charge < -0.3 is 5.32 Å². The highest BCUT2D eigenvalue weighted by molar-refractivity contribution is 7.15. The van der Waals surface area contributed by atoms with Crippen LogP contribution >= 0.6 is 22.9 Å². The van der Waals surface area contributed by atoms with E-state index in [2.05, 4.69) is 10.3 Å². The lowest BCUT2D eigenvalue weighted by Crippen LogP contribution is -2.22. The number of aromatic nitrogens is 1. The number of aryl methyl sites for hydroxylation is 3. The highest BCUT2D eigenvalue weighted by atomic mass is 35.5. The van der Waals surface area contributed by atoms with Gasteiger partial charge >= 0.3 is 0 Å². The summed E-state index contributed by atoms with van der Waals surface area (Å²) in [6.07, 6.45) is 0. The van der Waals surface area contributed by atoms with Gasteiger partial charge in [0.05, 0.1) is 17.3 Å². The molecule has 0 atom stereocenters. The van der Waals surface area contributed by atoms with Crippen molar-refractivity contribution in [1.82, 2.24) is 10.3 Å². The van der Waals surface area contributed by atoms with Crippen LogP contribution in [0.1, 0.15) is 32.1 Å². The van der Waals surface area contributed by atoms with Crippen LogP contribution in [-0.4, -0.2) is 10.9 Å². The van der Waals surface area contributed by atoms with Crippen molar-refractivity contribution in [1.29, 1.82) is 0 Å². The summed E-state index contributed by atoms with van der Waals surface area (Å²) in [6, 6.07) is 13.4. The normalized spacial score (nSPS) is 10.7. The molecule has 0 radical (unpaired) electrons. The molecular formula is C20H19ClN2OS. The standard InChI is InChI=1S/C20H19ClN2OS/c1-12-8-9-15(10-13(12)2)19(24)22-11-18-14(3)23-20(25-18)16-6-4-5-7-17(16)21/h4-10H,11H2,1-3H3,(H,22,24). The van der Waals surface area contributed by atoms with E-state index >= 15 is 0 Å². The fraction of sp³-hybridized carbons (Fsp3) is 0.200. The van der Waals surface area contributed by atoms with Crippen LogP contribution in [0.4, 0.5) is 0 Å². The minimum Gasteiger partial charge on any atom is -0.347 e. The fourth-order valence-electron chi connectivity index (χ4n) is 2.49. The summed E-state index contributed by atoms with van der Waals surface area (Å²) in [5.74, 6) is -0.0739. The molecule has 0 aliphatic heterocycles. The van der Waals surface area contributed by atoms with Gasteiger partial charge in [0.15, 0.2) is 0 Å². The van der Waals surface area contributed by atoms with Crippen molar-refractivity contribution in [3.8, 4) is 10.6 Å². The van der Waals surface area contributed by atoms with Crippen molar-refractivity contribution in [2.45, 2.75) is 27.3 Å². The second kappa shape index (κ2) is 7.38. The van der Waals surface area contributed by atoms with Crippen molar-refractivity contribution in [3.05, 3.63) is 74.7 Å². The maximum Gasteiger partial charge on any atom is 0.251 e. The molecular weight excluding hydrogens is 352 g/mol. The predicted molar refractivity (Wildman–Crippen MR) is 104 cm³/mol. The van der Waals surface area contributed by atoms with E-state index in [-0.39, 0.29) is 5.91 Å². The quantitative estimate of drug-likeness (QED) is 0.675. The summed E-state index contributed by atoms with van der Waals surface area (Å²) in [4.78, 5) is 18.0. The highest BCUT2D eigenvalue weighted by Crippen LogP contribution is 2.32. The van der Waals surface area contributed by atoms with E-state index in [0.29, 0.717) is 17.1 Å². The Labute approximate surface area is 156 Å². The minimum absolute atomic E-state index is 0.0739. The first-order valence-electron chi connectivity index (χ1n) is 8.02. The van der Waals surface area contributed by atoms with E-state index in [1.165, 1.54) is 5.56 Å². The number of carbonyl (C=O) groups is 1. The van der Waals surface area contributed by atoms with Gasteiger partial charge in [0, 0.05) is 16.0 Å². The lowest BCUT2D eigenvalue weighted by molar-refractivity contribution is 0.0951. The number of amides is 1. The Bertz CT molecular complexity index is 933. The average molecular weight is 371 g/mol. The Kier molecular flexibility index (Phi) is 5.21. The number of hydrogen-bond acceptors (Lipinski definition) is 3. The first-order valence-corrected chi connectivity index (χ1v) is 9.22. The third-order valence-corrected chi connectivity index (χ3v) is 5.70. The largest absolute Gasteiger partial charge is 0.347 e. The zero-order valence-electron chi connectivity index (χ0n) is 14.4. The number of halogens is 1. The first-order chi connectivity index (χ1) is 12.0. The smallest absolute Gasteiger partial charge is 0.251 e. The zero-order valence-corrected chi connectivity index (χ0v) is 16.0. The third kappa shape index (κ3) is 3.91. The van der Waals surface area contributed by atoms with E-state index in [1.54, 1.807) is 11.3 Å². The predicted octanol–water partition coefficient (Wildman–Crippen LogP) is 5.32. The molecule has 5 heteroatoms. The van der Waals surface area contributed by atoms with Gasteiger partial charge in [-0.25, -0.2) is 4.98 Å². The zero-order chi connectivity index (χ0) is 18.0. The van der Waals surface area contributed by atoms with Crippen LogP contribution in [0.2, 0.25) is 5.02 Å². The molecule has 3 rings (SSSR count). The first kappa shape index (κ1) is 17.6. The molecule has 0 bridgehead atoms. The van der Waals surface area contributed by atoms with Crippen molar-refractivity contribution >= 4 is 28.8 Å². The molecule has 0 spiro atoms. The molecule has 1 heterocycles. The third-order valence-electron chi connectivity index (χ3n) is 4.18. The summed E-state index contributed by atoms with van der Waals surface area (Å²) in [5, 5.41) is 4.54. The van der Waals surface area contributed by atoms with Gasteiger partial charge in [0.1, 0.15) is 5.01 Å². The number of nitrogens with one attached hydrogen (secondary N) is 1. The number of carbonyl (C=O) groups excluding carboxylic acids is 1. The molecule has 2 aromatic carbocycles. The lowest BCUT2D eigenvalue weighted by Gasteiger charge is -2.06. The van der Waals surface area contributed by atoms with Crippen LogP contribution < -0.4 is 5.32 Å². The van der Waals surface area contributed by atoms with Crippen molar-refractivity contribution in [3.63, 3.8) is 0 Å². The van der Waals surface area contributed by atoms with Crippen molar-refractivity contribution < 1.29 is 4.79 Å². The topological polar surface area (TPSA) is 42.0 Å². The molecule has 3 nitrogen and oxygen atoms in total. The van der Waals surface area contributed by atoms with Crippen molar-refractivity contribution in [2.24, 2.45) is 0 Å². The molecule has 1 N–H and O–H groups in total. The second-order valence-electron chi connectivity index (χ2n) is 5.99. The molecule has 0 saturated heterocycles. The minimum atomic E-state index is -0.0739. The van der Waals surface area contributed by atoms with Crippen LogP contribution in [0.15, 0.2) is 42.5 Å². The molecule has 3 aromatic rings. The number of rotatable bonds is 4. The molecule has 0 aliphatic rings. The molecule has 0 unspecified atom stereocenters. The fourth-order valence-corrected chi connectivity index (χ4v) is 3.81. The van der Waals surface area contributed by atoms with E-state index < -0.39 is 0 Å². The van der Waals surface area contributed by atoms with Gasteiger partial charge in [-0.15, -0.1) is 11.3 Å². The molecule has 1 amide bonds. The number of benzene rings is 2. The summed E-state index contributed by atoms with van der Waals surface area (Å²) >= 11 is 7.81. The van der Waals surface area contributed by atoms with Crippen LogP contribution in [0.3, 0.4) is 0 Å².